The molecule has 1 aromatic carbocycles. The smallest absolute Gasteiger partial charge is 0.119 e. The lowest BCUT2D eigenvalue weighted by atomic mass is 9.93. The molecule has 2 atom stereocenters. The van der Waals surface area contributed by atoms with Crippen molar-refractivity contribution in [1.82, 2.24) is 5.32 Å². The molecule has 1 aromatic rings. The molecule has 0 amide bonds. The fourth-order valence-corrected chi connectivity index (χ4v) is 2.12. The van der Waals surface area contributed by atoms with Gasteiger partial charge in [-0.3, -0.25) is 0 Å². The van der Waals surface area contributed by atoms with Gasteiger partial charge in [0.05, 0.1) is 6.10 Å². The first-order chi connectivity index (χ1) is 9.45. The van der Waals surface area contributed by atoms with Crippen molar-refractivity contribution < 1.29 is 9.84 Å². The molecule has 0 aromatic heterocycles. The van der Waals surface area contributed by atoms with Gasteiger partial charge in [0.25, 0.3) is 0 Å². The monoisotopic (exact) mass is 277 g/mol. The Bertz CT molecular complexity index is 412. The minimum absolute atomic E-state index is 0.0576. The Morgan fingerprint density at radius 2 is 1.90 bits per heavy atom. The fourth-order valence-electron chi connectivity index (χ4n) is 2.12. The number of ether oxygens (including phenoxy) is 1. The lowest BCUT2D eigenvalue weighted by molar-refractivity contribution is 0.106. The van der Waals surface area contributed by atoms with Crippen LogP contribution in [0.25, 0.3) is 0 Å². The Morgan fingerprint density at radius 1 is 1.30 bits per heavy atom. The average molecular weight is 277 g/mol. The molecular formula is C17H27NO2. The van der Waals surface area contributed by atoms with Crippen LogP contribution < -0.4 is 10.1 Å². The van der Waals surface area contributed by atoms with Crippen LogP contribution in [-0.2, 0) is 0 Å². The maximum atomic E-state index is 10.5. The van der Waals surface area contributed by atoms with E-state index < -0.39 is 6.10 Å². The second-order valence-corrected chi connectivity index (χ2v) is 5.59. The summed E-state index contributed by atoms with van der Waals surface area (Å²) in [6.45, 7) is 13.4. The summed E-state index contributed by atoms with van der Waals surface area (Å²) in [5.74, 6) is 1.16. The van der Waals surface area contributed by atoms with Crippen molar-refractivity contribution in [3.8, 4) is 5.75 Å². The van der Waals surface area contributed by atoms with Crippen LogP contribution in [0.5, 0.6) is 5.75 Å². The molecule has 0 heterocycles. The summed E-state index contributed by atoms with van der Waals surface area (Å²) in [5.41, 5.74) is 1.90. The van der Waals surface area contributed by atoms with Crippen LogP contribution in [0.4, 0.5) is 0 Å². The highest BCUT2D eigenvalue weighted by atomic mass is 16.5. The molecule has 0 radical (unpaired) electrons. The average Bonchev–Trinajstić information content (AvgIpc) is 2.42. The Hall–Kier alpha value is -1.32. The Morgan fingerprint density at radius 3 is 2.35 bits per heavy atom. The summed E-state index contributed by atoms with van der Waals surface area (Å²) in [6, 6.07) is 7.69. The van der Waals surface area contributed by atoms with Crippen LogP contribution >= 0.6 is 0 Å². The van der Waals surface area contributed by atoms with E-state index in [0.29, 0.717) is 12.5 Å². The van der Waals surface area contributed by atoms with E-state index in [2.05, 4.69) is 32.7 Å². The summed E-state index contributed by atoms with van der Waals surface area (Å²) in [7, 11) is 0. The molecule has 20 heavy (non-hydrogen) atoms. The number of aliphatic hydroxyl groups excluding tert-OH is 1. The molecule has 0 aliphatic heterocycles. The second-order valence-electron chi connectivity index (χ2n) is 5.59. The van der Waals surface area contributed by atoms with Crippen molar-refractivity contribution in [2.24, 2.45) is 5.92 Å². The molecule has 0 saturated carbocycles. The lowest BCUT2D eigenvalue weighted by Gasteiger charge is -2.27. The molecule has 0 bridgehead atoms. The van der Waals surface area contributed by atoms with Crippen LogP contribution in [0.15, 0.2) is 36.4 Å². The molecule has 2 N–H and O–H groups in total. The minimum Gasteiger partial charge on any atom is -0.489 e. The zero-order chi connectivity index (χ0) is 15.1. The summed E-state index contributed by atoms with van der Waals surface area (Å²) >= 11 is 0. The van der Waals surface area contributed by atoms with Crippen LogP contribution in [0.1, 0.15) is 39.4 Å². The number of hydrogen-bond acceptors (Lipinski definition) is 3. The third-order valence-electron chi connectivity index (χ3n) is 3.21. The van der Waals surface area contributed by atoms with Crippen molar-refractivity contribution in [2.45, 2.75) is 39.8 Å². The summed E-state index contributed by atoms with van der Waals surface area (Å²) in [6.07, 6.45) is -0.509. The molecule has 2 unspecified atom stereocenters. The summed E-state index contributed by atoms with van der Waals surface area (Å²) in [5, 5.41) is 13.8. The van der Waals surface area contributed by atoms with Crippen LogP contribution in [0.3, 0.4) is 0 Å². The number of hydrogen-bond donors (Lipinski definition) is 2. The Labute approximate surface area is 122 Å². The highest BCUT2D eigenvalue weighted by Gasteiger charge is 2.22. The van der Waals surface area contributed by atoms with Crippen LogP contribution in [0, 0.1) is 5.92 Å². The van der Waals surface area contributed by atoms with Gasteiger partial charge in [-0.05, 0) is 42.7 Å². The minimum atomic E-state index is -0.509. The van der Waals surface area contributed by atoms with Crippen molar-refractivity contribution in [3.63, 3.8) is 0 Å². The molecule has 0 aliphatic rings. The molecule has 0 aliphatic carbocycles. The van der Waals surface area contributed by atoms with E-state index in [1.807, 2.05) is 31.2 Å². The molecule has 3 nitrogen and oxygen atoms in total. The zero-order valence-electron chi connectivity index (χ0n) is 13.0. The second kappa shape index (κ2) is 8.08. The van der Waals surface area contributed by atoms with Gasteiger partial charge in [0.15, 0.2) is 0 Å². The quantitative estimate of drug-likeness (QED) is 0.716. The van der Waals surface area contributed by atoms with E-state index in [9.17, 15) is 5.11 Å². The normalized spacial score (nSPS) is 14.1. The van der Waals surface area contributed by atoms with Gasteiger partial charge < -0.3 is 15.2 Å². The first-order valence-corrected chi connectivity index (χ1v) is 7.24. The molecule has 0 saturated heterocycles. The van der Waals surface area contributed by atoms with Gasteiger partial charge in [0.2, 0.25) is 0 Å². The van der Waals surface area contributed by atoms with Crippen LogP contribution in [-0.4, -0.2) is 24.3 Å². The Kier molecular flexibility index (Phi) is 6.76. The first-order valence-electron chi connectivity index (χ1n) is 7.24. The molecule has 112 valence electrons. The number of nitrogens with one attached hydrogen (secondary N) is 1. The maximum absolute atomic E-state index is 10.5. The van der Waals surface area contributed by atoms with Crippen molar-refractivity contribution >= 4 is 0 Å². The van der Waals surface area contributed by atoms with Gasteiger partial charge in [-0.1, -0.05) is 39.5 Å². The molecular weight excluding hydrogens is 250 g/mol. The molecule has 0 spiro atoms. The highest BCUT2D eigenvalue weighted by Crippen LogP contribution is 2.24. The SMILES string of the molecule is C=C(C)COc1ccc(C(O)C(NCC)C(C)C)cc1. The van der Waals surface area contributed by atoms with Gasteiger partial charge in [-0.25, -0.2) is 0 Å². The van der Waals surface area contributed by atoms with E-state index in [1.54, 1.807) is 0 Å². The lowest BCUT2D eigenvalue weighted by Crippen LogP contribution is -2.39. The topological polar surface area (TPSA) is 41.5 Å². The number of rotatable bonds is 8. The van der Waals surface area contributed by atoms with Gasteiger partial charge in [-0.15, -0.1) is 0 Å². The number of likely N-dealkylation sites (N-methyl/N-ethyl adjacent to an activating group) is 1. The maximum Gasteiger partial charge on any atom is 0.119 e. The number of aliphatic hydroxyl groups is 1. The van der Waals surface area contributed by atoms with E-state index in [0.717, 1.165) is 23.4 Å². The van der Waals surface area contributed by atoms with Gasteiger partial charge in [0, 0.05) is 6.04 Å². The van der Waals surface area contributed by atoms with Crippen LogP contribution in [0.2, 0.25) is 0 Å². The van der Waals surface area contributed by atoms with E-state index >= 15 is 0 Å². The first kappa shape index (κ1) is 16.7. The van der Waals surface area contributed by atoms with E-state index in [1.165, 1.54) is 0 Å². The van der Waals surface area contributed by atoms with Gasteiger partial charge in [0.1, 0.15) is 12.4 Å². The predicted octanol–water partition coefficient (Wildman–Crippen LogP) is 3.31. The van der Waals surface area contributed by atoms with Gasteiger partial charge in [-0.2, -0.15) is 0 Å². The van der Waals surface area contributed by atoms with Crippen molar-refractivity contribution in [3.05, 3.63) is 42.0 Å². The fraction of sp³-hybridized carbons (Fsp3) is 0.529. The number of benzene rings is 1. The van der Waals surface area contributed by atoms with Crippen molar-refractivity contribution in [1.29, 1.82) is 0 Å². The van der Waals surface area contributed by atoms with Crippen molar-refractivity contribution in [2.75, 3.05) is 13.2 Å². The van der Waals surface area contributed by atoms with Gasteiger partial charge >= 0.3 is 0 Å². The largest absolute Gasteiger partial charge is 0.489 e. The van der Waals surface area contributed by atoms with E-state index in [-0.39, 0.29) is 6.04 Å². The third-order valence-corrected chi connectivity index (χ3v) is 3.21. The third kappa shape index (κ3) is 4.99. The molecule has 0 fully saturated rings. The molecule has 3 heteroatoms. The summed E-state index contributed by atoms with van der Waals surface area (Å²) < 4.78 is 5.56. The molecule has 1 rings (SSSR count). The van der Waals surface area contributed by atoms with E-state index in [4.69, 9.17) is 4.74 Å². The standard InChI is InChI=1S/C17H27NO2/c1-6-18-16(13(4)5)17(19)14-7-9-15(10-8-14)20-11-12(2)3/h7-10,13,16-19H,2,6,11H2,1,3-5H3. The predicted molar refractivity (Wildman–Crippen MR) is 84.0 cm³/mol. The zero-order valence-corrected chi connectivity index (χ0v) is 13.0. The summed E-state index contributed by atoms with van der Waals surface area (Å²) in [4.78, 5) is 0. The Balaban J connectivity index is 2.73. The highest BCUT2D eigenvalue weighted by molar-refractivity contribution is 5.29.